The normalized spacial score (nSPS) is 10.6. The van der Waals surface area contributed by atoms with Crippen LogP contribution in [0, 0.1) is 0 Å². The summed E-state index contributed by atoms with van der Waals surface area (Å²) < 4.78 is 0.960. The molecule has 16 heavy (non-hydrogen) atoms. The van der Waals surface area contributed by atoms with E-state index in [2.05, 4.69) is 4.98 Å². The van der Waals surface area contributed by atoms with Gasteiger partial charge in [0.1, 0.15) is 5.75 Å². The van der Waals surface area contributed by atoms with Gasteiger partial charge < -0.3 is 10.2 Å². The van der Waals surface area contributed by atoms with Crippen LogP contribution in [0.2, 0.25) is 0 Å². The number of carboxylic acids is 1. The van der Waals surface area contributed by atoms with Gasteiger partial charge in [0.15, 0.2) is 0 Å². The van der Waals surface area contributed by atoms with Crippen molar-refractivity contribution in [1.82, 2.24) is 9.55 Å². The SMILES string of the molecule is Cn1c(C(=O)O)nc2cc(O)ccc2c1=O. The van der Waals surface area contributed by atoms with E-state index in [0.717, 1.165) is 4.57 Å². The molecule has 1 heterocycles. The number of aromatic carboxylic acids is 1. The Morgan fingerprint density at radius 2 is 2.12 bits per heavy atom. The molecule has 0 aliphatic carbocycles. The molecule has 2 aromatic rings. The molecule has 2 N–H and O–H groups in total. The predicted octanol–water partition coefficient (Wildman–Crippen LogP) is 0.337. The summed E-state index contributed by atoms with van der Waals surface area (Å²) in [5.74, 6) is -1.71. The Kier molecular flexibility index (Phi) is 2.12. The second-order valence-electron chi connectivity index (χ2n) is 3.31. The molecule has 6 nitrogen and oxygen atoms in total. The van der Waals surface area contributed by atoms with E-state index < -0.39 is 11.5 Å². The molecular weight excluding hydrogens is 212 g/mol. The van der Waals surface area contributed by atoms with Crippen LogP contribution in [-0.4, -0.2) is 25.7 Å². The number of phenols is 1. The second-order valence-corrected chi connectivity index (χ2v) is 3.31. The van der Waals surface area contributed by atoms with Gasteiger partial charge in [-0.05, 0) is 12.1 Å². The highest BCUT2D eigenvalue weighted by molar-refractivity contribution is 5.87. The molecule has 0 spiro atoms. The molecule has 6 heteroatoms. The van der Waals surface area contributed by atoms with Crippen LogP contribution >= 0.6 is 0 Å². The minimum absolute atomic E-state index is 0.0652. The van der Waals surface area contributed by atoms with E-state index >= 15 is 0 Å². The third-order valence-electron chi connectivity index (χ3n) is 2.25. The Morgan fingerprint density at radius 1 is 1.44 bits per heavy atom. The molecule has 0 saturated carbocycles. The number of phenolic OH excluding ortho intramolecular Hbond substituents is 1. The molecule has 1 aromatic heterocycles. The number of benzene rings is 1. The maximum absolute atomic E-state index is 11.7. The summed E-state index contributed by atoms with van der Waals surface area (Å²) in [7, 11) is 1.34. The van der Waals surface area contributed by atoms with Crippen molar-refractivity contribution >= 4 is 16.9 Å². The highest BCUT2D eigenvalue weighted by Gasteiger charge is 2.13. The van der Waals surface area contributed by atoms with Crippen LogP contribution < -0.4 is 5.56 Å². The van der Waals surface area contributed by atoms with Gasteiger partial charge in [0, 0.05) is 13.1 Å². The number of hydrogen-bond acceptors (Lipinski definition) is 4. The minimum Gasteiger partial charge on any atom is -0.508 e. The summed E-state index contributed by atoms with van der Waals surface area (Å²) in [5, 5.41) is 18.3. The number of hydrogen-bond donors (Lipinski definition) is 2. The molecular formula is C10H8N2O4. The first-order chi connectivity index (χ1) is 7.50. The predicted molar refractivity (Wildman–Crippen MR) is 55.6 cm³/mol. The van der Waals surface area contributed by atoms with E-state index in [1.807, 2.05) is 0 Å². The topological polar surface area (TPSA) is 92.4 Å². The summed E-state index contributed by atoms with van der Waals surface area (Å²) in [4.78, 5) is 26.4. The summed E-state index contributed by atoms with van der Waals surface area (Å²) in [6.45, 7) is 0. The number of aromatic hydroxyl groups is 1. The van der Waals surface area contributed by atoms with Crippen LogP contribution in [0.5, 0.6) is 5.75 Å². The first-order valence-electron chi connectivity index (χ1n) is 4.44. The highest BCUT2D eigenvalue weighted by atomic mass is 16.4. The lowest BCUT2D eigenvalue weighted by molar-refractivity contribution is 0.0678. The molecule has 0 bridgehead atoms. The van der Waals surface area contributed by atoms with Crippen LogP contribution in [0.4, 0.5) is 0 Å². The first-order valence-corrected chi connectivity index (χ1v) is 4.44. The van der Waals surface area contributed by atoms with Crippen molar-refractivity contribution in [2.75, 3.05) is 0 Å². The molecule has 82 valence electrons. The van der Waals surface area contributed by atoms with Gasteiger partial charge in [-0.3, -0.25) is 9.36 Å². The van der Waals surface area contributed by atoms with Crippen molar-refractivity contribution < 1.29 is 15.0 Å². The average Bonchev–Trinajstić information content (AvgIpc) is 2.22. The lowest BCUT2D eigenvalue weighted by atomic mass is 10.2. The van der Waals surface area contributed by atoms with Crippen molar-refractivity contribution in [1.29, 1.82) is 0 Å². The highest BCUT2D eigenvalue weighted by Crippen LogP contribution is 2.15. The fourth-order valence-corrected chi connectivity index (χ4v) is 1.45. The molecule has 1 aromatic carbocycles. The molecule has 0 aliphatic rings. The van der Waals surface area contributed by atoms with Gasteiger partial charge in [-0.25, -0.2) is 9.78 Å². The van der Waals surface area contributed by atoms with E-state index in [-0.39, 0.29) is 22.5 Å². The fourth-order valence-electron chi connectivity index (χ4n) is 1.45. The maximum atomic E-state index is 11.7. The van der Waals surface area contributed by atoms with Crippen molar-refractivity contribution in [3.63, 3.8) is 0 Å². The zero-order valence-corrected chi connectivity index (χ0v) is 8.34. The van der Waals surface area contributed by atoms with Gasteiger partial charge in [0.25, 0.3) is 5.56 Å². The Morgan fingerprint density at radius 3 is 2.75 bits per heavy atom. The number of nitrogens with zero attached hydrogens (tertiary/aromatic N) is 2. The van der Waals surface area contributed by atoms with E-state index in [1.54, 1.807) is 0 Å². The molecule has 2 rings (SSSR count). The molecule has 0 aliphatic heterocycles. The van der Waals surface area contributed by atoms with Crippen molar-refractivity contribution in [3.8, 4) is 5.75 Å². The summed E-state index contributed by atoms with van der Waals surface area (Å²) in [6.07, 6.45) is 0. The van der Waals surface area contributed by atoms with Gasteiger partial charge in [-0.15, -0.1) is 0 Å². The van der Waals surface area contributed by atoms with Crippen molar-refractivity contribution in [2.24, 2.45) is 7.05 Å². The van der Waals surface area contributed by atoms with Gasteiger partial charge in [-0.2, -0.15) is 0 Å². The van der Waals surface area contributed by atoms with E-state index in [0.29, 0.717) is 0 Å². The number of carboxylic acid groups (broad SMARTS) is 1. The van der Waals surface area contributed by atoms with Gasteiger partial charge in [0.2, 0.25) is 5.82 Å². The standard InChI is InChI=1S/C10H8N2O4/c1-12-8(10(15)16)11-7-4-5(13)2-3-6(7)9(12)14/h2-4,13H,1H3,(H,15,16). The molecule has 0 saturated heterocycles. The van der Waals surface area contributed by atoms with Gasteiger partial charge >= 0.3 is 5.97 Å². The molecule has 0 radical (unpaired) electrons. The second kappa shape index (κ2) is 3.34. The molecule has 0 unspecified atom stereocenters. The molecule has 0 atom stereocenters. The largest absolute Gasteiger partial charge is 0.508 e. The summed E-state index contributed by atoms with van der Waals surface area (Å²) in [5.41, 5.74) is -0.289. The smallest absolute Gasteiger partial charge is 0.372 e. The number of carbonyl (C=O) groups is 1. The van der Waals surface area contributed by atoms with Crippen LogP contribution in [0.1, 0.15) is 10.6 Å². The third kappa shape index (κ3) is 1.40. The van der Waals surface area contributed by atoms with E-state index in [9.17, 15) is 14.7 Å². The van der Waals surface area contributed by atoms with E-state index in [4.69, 9.17) is 5.11 Å². The lowest BCUT2D eigenvalue weighted by Gasteiger charge is -2.05. The Hall–Kier alpha value is -2.37. The lowest BCUT2D eigenvalue weighted by Crippen LogP contribution is -2.25. The average molecular weight is 220 g/mol. The minimum atomic E-state index is -1.29. The van der Waals surface area contributed by atoms with E-state index in [1.165, 1.54) is 25.2 Å². The number of aromatic nitrogens is 2. The van der Waals surface area contributed by atoms with Gasteiger partial charge in [-0.1, -0.05) is 0 Å². The Balaban J connectivity index is 2.94. The summed E-state index contributed by atoms with van der Waals surface area (Å²) >= 11 is 0. The molecule has 0 fully saturated rings. The van der Waals surface area contributed by atoms with Gasteiger partial charge in [0.05, 0.1) is 10.9 Å². The monoisotopic (exact) mass is 220 g/mol. The van der Waals surface area contributed by atoms with Crippen LogP contribution in [0.25, 0.3) is 10.9 Å². The fraction of sp³-hybridized carbons (Fsp3) is 0.100. The summed E-state index contributed by atoms with van der Waals surface area (Å²) in [6, 6.07) is 4.01. The Labute approximate surface area is 89.4 Å². The van der Waals surface area contributed by atoms with Crippen molar-refractivity contribution in [3.05, 3.63) is 34.4 Å². The number of rotatable bonds is 1. The maximum Gasteiger partial charge on any atom is 0.372 e. The zero-order valence-electron chi connectivity index (χ0n) is 8.34. The first kappa shape index (κ1) is 10.2. The Bertz CT molecular complexity index is 645. The zero-order chi connectivity index (χ0) is 11.9. The van der Waals surface area contributed by atoms with Crippen molar-refractivity contribution in [2.45, 2.75) is 0 Å². The van der Waals surface area contributed by atoms with Crippen LogP contribution in [0.3, 0.4) is 0 Å². The van der Waals surface area contributed by atoms with Crippen LogP contribution in [0.15, 0.2) is 23.0 Å². The molecule has 0 amide bonds. The number of fused-ring (bicyclic) bond motifs is 1. The quantitative estimate of drug-likeness (QED) is 0.722. The van der Waals surface area contributed by atoms with Crippen LogP contribution in [-0.2, 0) is 7.05 Å². The third-order valence-corrected chi connectivity index (χ3v) is 2.25.